The molecule has 0 radical (unpaired) electrons. The summed E-state index contributed by atoms with van der Waals surface area (Å²) in [5, 5.41) is 10.2. The molecule has 0 amide bonds. The third-order valence-electron chi connectivity index (χ3n) is 4.24. The van der Waals surface area contributed by atoms with Gasteiger partial charge in [0.25, 0.3) is 0 Å². The number of furan rings is 1. The Kier molecular flexibility index (Phi) is 6.32. The number of hydrogen-bond acceptors (Lipinski definition) is 6. The van der Waals surface area contributed by atoms with E-state index in [0.29, 0.717) is 43.0 Å². The second-order valence-electron chi connectivity index (χ2n) is 6.48. The predicted molar refractivity (Wildman–Crippen MR) is 109 cm³/mol. The Labute approximate surface area is 169 Å². The van der Waals surface area contributed by atoms with Crippen LogP contribution in [0.4, 0.5) is 0 Å². The molecule has 11 heteroatoms. The first-order chi connectivity index (χ1) is 11.8. The average Bonchev–Trinajstić information content (AvgIpc) is 3.22. The molecule has 0 atom stereocenters. The Morgan fingerprint density at radius 2 is 2.27 bits per heavy atom. The van der Waals surface area contributed by atoms with Crippen LogP contribution in [-0.2, 0) is 16.4 Å². The Bertz CT molecular complexity index is 860. The standard InChI is InChI=1S/C15H22N6O3S.HI/c1-15(2)10-21(6-8-25(15,22)23)14(16-3)17-9-12-18-13(20-19-12)11-5-4-7-24-11;/h4-5,7H,6,8-10H2,1-3H3,(H,16,17)(H,18,19,20);1H. The predicted octanol–water partition coefficient (Wildman–Crippen LogP) is 1.27. The van der Waals surface area contributed by atoms with E-state index in [1.165, 1.54) is 0 Å². The highest BCUT2D eigenvalue weighted by Gasteiger charge is 2.40. The van der Waals surface area contributed by atoms with Gasteiger partial charge in [0.2, 0.25) is 5.82 Å². The summed E-state index contributed by atoms with van der Waals surface area (Å²) < 4.78 is 28.7. The molecule has 9 nitrogen and oxygen atoms in total. The first-order valence-corrected chi connectivity index (χ1v) is 9.61. The highest BCUT2D eigenvalue weighted by molar-refractivity contribution is 14.0. The van der Waals surface area contributed by atoms with Gasteiger partial charge in [0.15, 0.2) is 21.6 Å². The normalized spacial score (nSPS) is 19.0. The van der Waals surface area contributed by atoms with E-state index in [4.69, 9.17) is 4.42 Å². The van der Waals surface area contributed by atoms with Gasteiger partial charge >= 0.3 is 0 Å². The molecule has 1 saturated heterocycles. The van der Waals surface area contributed by atoms with E-state index in [1.54, 1.807) is 39.3 Å². The van der Waals surface area contributed by atoms with E-state index >= 15 is 0 Å². The quantitative estimate of drug-likeness (QED) is 0.375. The number of hydrogen-bond donors (Lipinski definition) is 2. The number of aromatic nitrogens is 3. The Hall–Kier alpha value is -1.63. The number of aromatic amines is 1. The summed E-state index contributed by atoms with van der Waals surface area (Å²) >= 11 is 0. The van der Waals surface area contributed by atoms with Crippen molar-refractivity contribution < 1.29 is 12.8 Å². The molecule has 3 heterocycles. The van der Waals surface area contributed by atoms with Crippen molar-refractivity contribution in [1.29, 1.82) is 0 Å². The second-order valence-corrected chi connectivity index (χ2v) is 9.23. The summed E-state index contributed by atoms with van der Waals surface area (Å²) in [6, 6.07) is 3.56. The van der Waals surface area contributed by atoms with Gasteiger partial charge in [-0.25, -0.2) is 13.4 Å². The molecule has 26 heavy (non-hydrogen) atoms. The smallest absolute Gasteiger partial charge is 0.216 e. The molecule has 1 aliphatic heterocycles. The summed E-state index contributed by atoms with van der Waals surface area (Å²) in [6.07, 6.45) is 1.57. The summed E-state index contributed by atoms with van der Waals surface area (Å²) in [4.78, 5) is 10.6. The first kappa shape index (κ1) is 20.7. The number of nitrogens with one attached hydrogen (secondary N) is 2. The van der Waals surface area contributed by atoms with Gasteiger partial charge in [0.1, 0.15) is 5.82 Å². The zero-order valence-electron chi connectivity index (χ0n) is 14.9. The van der Waals surface area contributed by atoms with Crippen molar-refractivity contribution in [1.82, 2.24) is 25.4 Å². The van der Waals surface area contributed by atoms with E-state index in [1.807, 2.05) is 4.90 Å². The van der Waals surface area contributed by atoms with E-state index in [9.17, 15) is 8.42 Å². The number of aliphatic imine (C=N–C) groups is 1. The van der Waals surface area contributed by atoms with Gasteiger partial charge in [0, 0.05) is 20.1 Å². The Morgan fingerprint density at radius 3 is 2.88 bits per heavy atom. The number of halogens is 1. The lowest BCUT2D eigenvalue weighted by molar-refractivity contribution is 0.353. The lowest BCUT2D eigenvalue weighted by atomic mass is 10.2. The van der Waals surface area contributed by atoms with Gasteiger partial charge in [-0.15, -0.1) is 29.1 Å². The first-order valence-electron chi connectivity index (χ1n) is 7.95. The number of rotatable bonds is 3. The molecule has 0 aliphatic carbocycles. The van der Waals surface area contributed by atoms with Crippen molar-refractivity contribution in [3.8, 4) is 11.6 Å². The van der Waals surface area contributed by atoms with E-state index in [-0.39, 0.29) is 29.7 Å². The minimum Gasteiger partial charge on any atom is -0.461 e. The number of H-pyrrole nitrogens is 1. The van der Waals surface area contributed by atoms with Crippen LogP contribution >= 0.6 is 24.0 Å². The van der Waals surface area contributed by atoms with Crippen molar-refractivity contribution in [2.24, 2.45) is 4.99 Å². The average molecular weight is 494 g/mol. The van der Waals surface area contributed by atoms with Crippen molar-refractivity contribution >= 4 is 39.8 Å². The van der Waals surface area contributed by atoms with Crippen molar-refractivity contribution in [3.05, 3.63) is 24.2 Å². The summed E-state index contributed by atoms with van der Waals surface area (Å²) in [7, 11) is -1.41. The minimum atomic E-state index is -3.09. The zero-order chi connectivity index (χ0) is 18.1. The van der Waals surface area contributed by atoms with Gasteiger partial charge in [-0.05, 0) is 26.0 Å². The van der Waals surface area contributed by atoms with Crippen LogP contribution in [0.15, 0.2) is 27.8 Å². The summed E-state index contributed by atoms with van der Waals surface area (Å²) in [5.74, 6) is 2.47. The Morgan fingerprint density at radius 1 is 1.50 bits per heavy atom. The van der Waals surface area contributed by atoms with Crippen molar-refractivity contribution in [3.63, 3.8) is 0 Å². The molecule has 1 fully saturated rings. The van der Waals surface area contributed by atoms with Gasteiger partial charge < -0.3 is 14.6 Å². The molecular weight excluding hydrogens is 471 g/mol. The molecule has 0 bridgehead atoms. The molecule has 2 aromatic heterocycles. The lowest BCUT2D eigenvalue weighted by Gasteiger charge is -2.39. The van der Waals surface area contributed by atoms with Crippen LogP contribution in [0, 0.1) is 0 Å². The summed E-state index contributed by atoms with van der Waals surface area (Å²) in [6.45, 7) is 4.69. The van der Waals surface area contributed by atoms with Crippen LogP contribution in [0.2, 0.25) is 0 Å². The molecule has 0 saturated carbocycles. The van der Waals surface area contributed by atoms with Crippen molar-refractivity contribution in [2.75, 3.05) is 25.9 Å². The lowest BCUT2D eigenvalue weighted by Crippen LogP contribution is -2.57. The van der Waals surface area contributed by atoms with E-state index in [2.05, 4.69) is 25.5 Å². The second kappa shape index (κ2) is 7.94. The van der Waals surface area contributed by atoms with Crippen LogP contribution < -0.4 is 5.32 Å². The molecule has 1 aliphatic rings. The van der Waals surface area contributed by atoms with Crippen LogP contribution in [0.3, 0.4) is 0 Å². The van der Waals surface area contributed by atoms with Crippen LogP contribution in [0.25, 0.3) is 11.6 Å². The number of nitrogens with zero attached hydrogens (tertiary/aromatic N) is 4. The van der Waals surface area contributed by atoms with Crippen LogP contribution in [-0.4, -0.2) is 65.1 Å². The van der Waals surface area contributed by atoms with E-state index < -0.39 is 14.6 Å². The minimum absolute atomic E-state index is 0. The SMILES string of the molecule is CN=C(NCc1nc(-c2ccco2)n[nH]1)N1CCS(=O)(=O)C(C)(C)C1.I. The van der Waals surface area contributed by atoms with Crippen LogP contribution in [0.1, 0.15) is 19.7 Å². The molecule has 0 spiro atoms. The molecule has 2 N–H and O–H groups in total. The fraction of sp³-hybridized carbons (Fsp3) is 0.533. The van der Waals surface area contributed by atoms with Gasteiger partial charge in [-0.3, -0.25) is 10.1 Å². The monoisotopic (exact) mass is 494 g/mol. The Balaban J connectivity index is 0.00000243. The van der Waals surface area contributed by atoms with Gasteiger partial charge in [0.05, 0.1) is 23.3 Å². The molecule has 0 unspecified atom stereocenters. The number of guanidine groups is 1. The maximum absolute atomic E-state index is 12.1. The summed E-state index contributed by atoms with van der Waals surface area (Å²) in [5.41, 5.74) is 0. The zero-order valence-corrected chi connectivity index (χ0v) is 18.0. The number of sulfone groups is 1. The topological polar surface area (TPSA) is 116 Å². The highest BCUT2D eigenvalue weighted by Crippen LogP contribution is 2.23. The highest BCUT2D eigenvalue weighted by atomic mass is 127. The van der Waals surface area contributed by atoms with Crippen molar-refractivity contribution in [2.45, 2.75) is 25.1 Å². The largest absolute Gasteiger partial charge is 0.461 e. The molecule has 3 rings (SSSR count). The fourth-order valence-electron chi connectivity index (χ4n) is 2.71. The third kappa shape index (κ3) is 4.19. The van der Waals surface area contributed by atoms with Gasteiger partial charge in [-0.2, -0.15) is 0 Å². The maximum Gasteiger partial charge on any atom is 0.216 e. The molecule has 144 valence electrons. The molecular formula is C15H23IN6O3S. The molecule has 0 aromatic carbocycles. The molecule has 2 aromatic rings. The fourth-order valence-corrected chi connectivity index (χ4v) is 4.08. The third-order valence-corrected chi connectivity index (χ3v) is 6.78. The maximum atomic E-state index is 12.1. The van der Waals surface area contributed by atoms with Crippen LogP contribution in [0.5, 0.6) is 0 Å². The van der Waals surface area contributed by atoms with E-state index in [0.717, 1.165) is 0 Å². The van der Waals surface area contributed by atoms with Gasteiger partial charge in [-0.1, -0.05) is 0 Å².